The van der Waals surface area contributed by atoms with Crippen LogP contribution in [0.4, 0.5) is 5.69 Å². The fraction of sp³-hybridized carbons (Fsp3) is 0.267. The number of carbonyl (C=O) groups excluding carboxylic acids is 2. The molecule has 1 aromatic rings. The Hall–Kier alpha value is -2.08. The van der Waals surface area contributed by atoms with Crippen molar-refractivity contribution in [2.45, 2.75) is 18.7 Å². The number of para-hydroxylation sites is 1. The van der Waals surface area contributed by atoms with Gasteiger partial charge in [-0.05, 0) is 32.1 Å². The number of fused-ring (bicyclic) bond motifs is 1. The Morgan fingerprint density at radius 2 is 1.76 bits per heavy atom. The SMILES string of the molecule is CCOC(=O)C1=CC(C(=O)OCC)=Nc2ccccc2S1. The highest BCUT2D eigenvalue weighted by atomic mass is 32.2. The quantitative estimate of drug-likeness (QED) is 0.800. The molecule has 0 atom stereocenters. The molecule has 0 bridgehead atoms. The number of thioether (sulfide) groups is 1. The fourth-order valence-electron chi connectivity index (χ4n) is 1.68. The molecule has 1 aliphatic rings. The molecule has 0 fully saturated rings. The van der Waals surface area contributed by atoms with Gasteiger partial charge in [0.2, 0.25) is 0 Å². The predicted molar refractivity (Wildman–Crippen MR) is 80.7 cm³/mol. The van der Waals surface area contributed by atoms with E-state index < -0.39 is 11.9 Å². The molecule has 21 heavy (non-hydrogen) atoms. The van der Waals surface area contributed by atoms with Gasteiger partial charge in [-0.25, -0.2) is 14.6 Å². The average Bonchev–Trinajstić information content (AvgIpc) is 2.67. The number of carbonyl (C=O) groups is 2. The maximum absolute atomic E-state index is 12.0. The molecule has 0 unspecified atom stereocenters. The van der Waals surface area contributed by atoms with Crippen LogP contribution in [0.3, 0.4) is 0 Å². The lowest BCUT2D eigenvalue weighted by Crippen LogP contribution is -2.16. The van der Waals surface area contributed by atoms with E-state index in [2.05, 4.69) is 4.99 Å². The molecule has 0 radical (unpaired) electrons. The summed E-state index contributed by atoms with van der Waals surface area (Å²) in [4.78, 5) is 29.3. The largest absolute Gasteiger partial charge is 0.462 e. The van der Waals surface area contributed by atoms with Crippen LogP contribution >= 0.6 is 11.8 Å². The van der Waals surface area contributed by atoms with Gasteiger partial charge in [0, 0.05) is 4.90 Å². The highest BCUT2D eigenvalue weighted by Crippen LogP contribution is 2.37. The third-order valence-corrected chi connectivity index (χ3v) is 3.62. The van der Waals surface area contributed by atoms with Gasteiger partial charge in [-0.1, -0.05) is 23.9 Å². The molecule has 0 aromatic heterocycles. The third kappa shape index (κ3) is 3.72. The zero-order valence-electron chi connectivity index (χ0n) is 11.8. The Bertz CT molecular complexity index is 622. The predicted octanol–water partition coefficient (Wildman–Crippen LogP) is 2.87. The van der Waals surface area contributed by atoms with E-state index in [9.17, 15) is 9.59 Å². The molecule has 0 aliphatic carbocycles. The standard InChI is InChI=1S/C15H15NO4S/c1-3-19-14(17)11-9-13(15(18)20-4-2)21-12-8-6-5-7-10(12)16-11/h5-9H,3-4H2,1-2H3. The van der Waals surface area contributed by atoms with E-state index in [0.29, 0.717) is 10.6 Å². The van der Waals surface area contributed by atoms with Gasteiger partial charge in [-0.3, -0.25) is 0 Å². The zero-order valence-corrected chi connectivity index (χ0v) is 12.6. The highest BCUT2D eigenvalue weighted by Gasteiger charge is 2.22. The normalized spacial score (nSPS) is 13.4. The van der Waals surface area contributed by atoms with Gasteiger partial charge in [0.1, 0.15) is 5.71 Å². The summed E-state index contributed by atoms with van der Waals surface area (Å²) >= 11 is 1.23. The number of hydrogen-bond donors (Lipinski definition) is 0. The summed E-state index contributed by atoms with van der Waals surface area (Å²) < 4.78 is 9.97. The van der Waals surface area contributed by atoms with Gasteiger partial charge < -0.3 is 9.47 Å². The van der Waals surface area contributed by atoms with Crippen LogP contribution in [0, 0.1) is 0 Å². The maximum atomic E-state index is 12.0. The Labute approximate surface area is 127 Å². The van der Waals surface area contributed by atoms with Gasteiger partial charge >= 0.3 is 11.9 Å². The number of ether oxygens (including phenoxy) is 2. The summed E-state index contributed by atoms with van der Waals surface area (Å²) in [6.45, 7) is 3.96. The molecule has 1 aromatic carbocycles. The second-order valence-electron chi connectivity index (χ2n) is 4.02. The van der Waals surface area contributed by atoms with Crippen LogP contribution < -0.4 is 0 Å². The van der Waals surface area contributed by atoms with Crippen LogP contribution in [-0.2, 0) is 19.1 Å². The minimum Gasteiger partial charge on any atom is -0.462 e. The van der Waals surface area contributed by atoms with Crippen LogP contribution in [0.1, 0.15) is 13.8 Å². The average molecular weight is 305 g/mol. The molecule has 0 amide bonds. The van der Waals surface area contributed by atoms with E-state index >= 15 is 0 Å². The minimum atomic E-state index is -0.559. The summed E-state index contributed by atoms with van der Waals surface area (Å²) in [6.07, 6.45) is 1.42. The summed E-state index contributed by atoms with van der Waals surface area (Å²) in [6, 6.07) is 7.29. The topological polar surface area (TPSA) is 65.0 Å². The second-order valence-corrected chi connectivity index (χ2v) is 5.10. The molecular formula is C15H15NO4S. The number of aliphatic imine (C=N–C) groups is 1. The van der Waals surface area contributed by atoms with Crippen molar-refractivity contribution < 1.29 is 19.1 Å². The minimum absolute atomic E-state index is 0.0948. The molecule has 1 aliphatic heterocycles. The molecule has 0 saturated carbocycles. The van der Waals surface area contributed by atoms with E-state index in [1.165, 1.54) is 17.8 Å². The van der Waals surface area contributed by atoms with E-state index in [1.54, 1.807) is 19.9 Å². The number of rotatable bonds is 4. The van der Waals surface area contributed by atoms with Crippen LogP contribution in [0.5, 0.6) is 0 Å². The van der Waals surface area contributed by atoms with Gasteiger partial charge in [0.25, 0.3) is 0 Å². The van der Waals surface area contributed by atoms with E-state index in [1.807, 2.05) is 18.2 Å². The lowest BCUT2D eigenvalue weighted by atomic mass is 10.3. The number of benzene rings is 1. The molecule has 6 heteroatoms. The molecule has 2 rings (SSSR count). The van der Waals surface area contributed by atoms with Crippen molar-refractivity contribution in [1.82, 2.24) is 0 Å². The molecular weight excluding hydrogens is 290 g/mol. The van der Waals surface area contributed by atoms with Crippen LogP contribution in [0.25, 0.3) is 0 Å². The van der Waals surface area contributed by atoms with Crippen molar-refractivity contribution in [3.05, 3.63) is 35.2 Å². The summed E-state index contributed by atoms with van der Waals surface area (Å²) in [5, 5.41) is 0. The first-order chi connectivity index (χ1) is 10.2. The molecule has 110 valence electrons. The number of nitrogens with zero attached hydrogens (tertiary/aromatic N) is 1. The molecule has 0 saturated heterocycles. The molecule has 5 nitrogen and oxygen atoms in total. The van der Waals surface area contributed by atoms with E-state index in [0.717, 1.165) is 4.90 Å². The van der Waals surface area contributed by atoms with Crippen LogP contribution in [0.15, 0.2) is 45.1 Å². The maximum Gasteiger partial charge on any atom is 0.356 e. The Morgan fingerprint density at radius 3 is 2.48 bits per heavy atom. The molecule has 0 spiro atoms. The first kappa shape index (κ1) is 15.3. The van der Waals surface area contributed by atoms with Crippen molar-refractivity contribution >= 4 is 35.1 Å². The lowest BCUT2D eigenvalue weighted by molar-refractivity contribution is -0.137. The van der Waals surface area contributed by atoms with E-state index in [-0.39, 0.29) is 18.9 Å². The Balaban J connectivity index is 2.43. The monoisotopic (exact) mass is 305 g/mol. The number of esters is 2. The molecule has 1 heterocycles. The summed E-state index contributed by atoms with van der Waals surface area (Å²) in [5.41, 5.74) is 0.721. The zero-order chi connectivity index (χ0) is 15.2. The van der Waals surface area contributed by atoms with Gasteiger partial charge in [-0.2, -0.15) is 0 Å². The van der Waals surface area contributed by atoms with Crippen LogP contribution in [0.2, 0.25) is 0 Å². The van der Waals surface area contributed by atoms with Gasteiger partial charge in [-0.15, -0.1) is 0 Å². The molecule has 0 N–H and O–H groups in total. The van der Waals surface area contributed by atoms with Crippen molar-refractivity contribution in [2.75, 3.05) is 13.2 Å². The van der Waals surface area contributed by atoms with Gasteiger partial charge in [0.15, 0.2) is 0 Å². The smallest absolute Gasteiger partial charge is 0.356 e. The van der Waals surface area contributed by atoms with Gasteiger partial charge in [0.05, 0.1) is 23.8 Å². The second kappa shape index (κ2) is 7.08. The van der Waals surface area contributed by atoms with E-state index in [4.69, 9.17) is 9.47 Å². The lowest BCUT2D eigenvalue weighted by Gasteiger charge is -2.05. The van der Waals surface area contributed by atoms with Crippen LogP contribution in [-0.4, -0.2) is 30.9 Å². The van der Waals surface area contributed by atoms with Crippen molar-refractivity contribution in [2.24, 2.45) is 4.99 Å². The highest BCUT2D eigenvalue weighted by molar-refractivity contribution is 8.04. The number of hydrogen-bond acceptors (Lipinski definition) is 6. The van der Waals surface area contributed by atoms with Crippen molar-refractivity contribution in [3.63, 3.8) is 0 Å². The first-order valence-electron chi connectivity index (χ1n) is 6.57. The Kier molecular flexibility index (Phi) is 5.16. The fourth-order valence-corrected chi connectivity index (χ4v) is 2.60. The Morgan fingerprint density at radius 1 is 1.10 bits per heavy atom. The van der Waals surface area contributed by atoms with Crippen molar-refractivity contribution in [1.29, 1.82) is 0 Å². The first-order valence-corrected chi connectivity index (χ1v) is 7.38. The van der Waals surface area contributed by atoms with Crippen molar-refractivity contribution in [3.8, 4) is 0 Å². The third-order valence-electron chi connectivity index (χ3n) is 2.56. The summed E-state index contributed by atoms with van der Waals surface area (Å²) in [5.74, 6) is -1.03. The summed E-state index contributed by atoms with van der Waals surface area (Å²) in [7, 11) is 0.